The van der Waals surface area contributed by atoms with Crippen molar-refractivity contribution in [3.05, 3.63) is 29.6 Å². The number of hydrogen-bond acceptors (Lipinski definition) is 4. The molecule has 0 aliphatic rings. The lowest BCUT2D eigenvalue weighted by Crippen LogP contribution is -2.32. The summed E-state index contributed by atoms with van der Waals surface area (Å²) in [6, 6.07) is 4.06. The van der Waals surface area contributed by atoms with Gasteiger partial charge in [0.15, 0.2) is 0 Å². The van der Waals surface area contributed by atoms with Crippen molar-refractivity contribution in [2.75, 3.05) is 20.7 Å². The first-order valence-electron chi connectivity index (χ1n) is 5.86. The van der Waals surface area contributed by atoms with Gasteiger partial charge in [-0.1, -0.05) is 6.07 Å². The lowest BCUT2D eigenvalue weighted by atomic mass is 10.2. The molecule has 0 amide bonds. The van der Waals surface area contributed by atoms with Crippen molar-refractivity contribution in [2.45, 2.75) is 24.5 Å². The third-order valence-corrected chi connectivity index (χ3v) is 4.09. The molecule has 2 N–H and O–H groups in total. The number of rotatable bonds is 7. The zero-order chi connectivity index (χ0) is 14.5. The van der Waals surface area contributed by atoms with Crippen LogP contribution in [0.2, 0.25) is 0 Å². The minimum atomic E-state index is -3.85. The van der Waals surface area contributed by atoms with Crippen LogP contribution < -0.4 is 10.0 Å². The highest BCUT2D eigenvalue weighted by Gasteiger charge is 2.19. The maximum atomic E-state index is 13.8. The monoisotopic (exact) mass is 290 g/mol. The highest BCUT2D eigenvalue weighted by atomic mass is 32.2. The van der Waals surface area contributed by atoms with Crippen LogP contribution in [0.1, 0.15) is 12.5 Å². The number of hydrogen-bond donors (Lipinski definition) is 2. The van der Waals surface area contributed by atoms with Crippen LogP contribution >= 0.6 is 0 Å². The summed E-state index contributed by atoms with van der Waals surface area (Å²) in [7, 11) is -0.643. The quantitative estimate of drug-likeness (QED) is 0.781. The van der Waals surface area contributed by atoms with E-state index in [-0.39, 0.29) is 17.5 Å². The molecule has 1 unspecified atom stereocenters. The lowest BCUT2D eigenvalue weighted by Gasteiger charge is -2.12. The van der Waals surface area contributed by atoms with Gasteiger partial charge in [0.25, 0.3) is 0 Å². The summed E-state index contributed by atoms with van der Waals surface area (Å²) in [5.74, 6) is -0.759. The van der Waals surface area contributed by atoms with Gasteiger partial charge in [-0.15, -0.1) is 0 Å². The molecule has 1 rings (SSSR count). The standard InChI is InChI=1S/C12H19FN2O3S/c1-9(18-3)7-15-19(16,17)12-5-4-10(8-14-2)6-11(12)13/h4-6,9,14-15H,7-8H2,1-3H3. The fourth-order valence-electron chi connectivity index (χ4n) is 1.46. The molecular formula is C12H19FN2O3S. The predicted molar refractivity (Wildman–Crippen MR) is 70.8 cm³/mol. The molecule has 0 aliphatic heterocycles. The van der Waals surface area contributed by atoms with Gasteiger partial charge >= 0.3 is 0 Å². The summed E-state index contributed by atoms with van der Waals surface area (Å²) in [6.07, 6.45) is -0.276. The molecule has 0 fully saturated rings. The Morgan fingerprint density at radius 3 is 2.63 bits per heavy atom. The summed E-state index contributed by atoms with van der Waals surface area (Å²) in [6.45, 7) is 2.29. The van der Waals surface area contributed by atoms with Gasteiger partial charge in [0, 0.05) is 20.2 Å². The topological polar surface area (TPSA) is 67.4 Å². The molecule has 108 valence electrons. The van der Waals surface area contributed by atoms with Crippen molar-refractivity contribution in [2.24, 2.45) is 0 Å². The minimum absolute atomic E-state index is 0.0938. The maximum absolute atomic E-state index is 13.8. The first-order chi connectivity index (χ1) is 8.90. The number of benzene rings is 1. The fraction of sp³-hybridized carbons (Fsp3) is 0.500. The summed E-state index contributed by atoms with van der Waals surface area (Å²) in [4.78, 5) is -0.351. The molecule has 0 radical (unpaired) electrons. The van der Waals surface area contributed by atoms with Crippen molar-refractivity contribution < 1.29 is 17.5 Å². The number of nitrogens with one attached hydrogen (secondary N) is 2. The predicted octanol–water partition coefficient (Wildman–Crippen LogP) is 0.858. The van der Waals surface area contributed by atoms with Gasteiger partial charge in [0.2, 0.25) is 10.0 Å². The van der Waals surface area contributed by atoms with E-state index < -0.39 is 15.8 Å². The van der Waals surface area contributed by atoms with Crippen LogP contribution in [0.4, 0.5) is 4.39 Å². The molecule has 0 heterocycles. The Morgan fingerprint density at radius 1 is 1.42 bits per heavy atom. The van der Waals surface area contributed by atoms with Gasteiger partial charge in [0.05, 0.1) is 6.10 Å². The Labute approximate surface area is 113 Å². The average molecular weight is 290 g/mol. The van der Waals surface area contributed by atoms with Crippen molar-refractivity contribution in [1.82, 2.24) is 10.0 Å². The largest absolute Gasteiger partial charge is 0.380 e. The molecule has 0 aliphatic carbocycles. The Kier molecular flexibility index (Phi) is 5.86. The fourth-order valence-corrected chi connectivity index (χ4v) is 2.64. The number of halogens is 1. The zero-order valence-electron chi connectivity index (χ0n) is 11.2. The Hall–Kier alpha value is -1.02. The molecule has 0 spiro atoms. The van der Waals surface area contributed by atoms with Crippen molar-refractivity contribution in [1.29, 1.82) is 0 Å². The molecule has 19 heavy (non-hydrogen) atoms. The Bertz CT molecular complexity index is 520. The van der Waals surface area contributed by atoms with Gasteiger partial charge in [-0.3, -0.25) is 0 Å². The second-order valence-corrected chi connectivity index (χ2v) is 5.93. The van der Waals surface area contributed by atoms with Crippen LogP contribution in [0.25, 0.3) is 0 Å². The molecule has 1 atom stereocenters. The number of sulfonamides is 1. The first kappa shape index (κ1) is 16.0. The third kappa shape index (κ3) is 4.54. The summed E-state index contributed by atoms with van der Waals surface area (Å²) >= 11 is 0. The normalized spacial score (nSPS) is 13.5. The van der Waals surface area contributed by atoms with Crippen LogP contribution in [-0.2, 0) is 21.3 Å². The molecule has 1 aromatic rings. The summed E-state index contributed by atoms with van der Waals surface area (Å²) in [5.41, 5.74) is 0.684. The Balaban J connectivity index is 2.89. The van der Waals surface area contributed by atoms with E-state index in [0.717, 1.165) is 0 Å². The highest BCUT2D eigenvalue weighted by molar-refractivity contribution is 7.89. The summed E-state index contributed by atoms with van der Waals surface area (Å²) in [5, 5.41) is 2.87. The number of ether oxygens (including phenoxy) is 1. The molecule has 7 heteroatoms. The Morgan fingerprint density at radius 2 is 2.11 bits per heavy atom. The van der Waals surface area contributed by atoms with Gasteiger partial charge in [0.1, 0.15) is 10.7 Å². The van der Waals surface area contributed by atoms with Crippen LogP contribution in [0.15, 0.2) is 23.1 Å². The molecule has 5 nitrogen and oxygen atoms in total. The molecular weight excluding hydrogens is 271 g/mol. The van der Waals surface area contributed by atoms with E-state index in [0.29, 0.717) is 12.1 Å². The maximum Gasteiger partial charge on any atom is 0.243 e. The zero-order valence-corrected chi connectivity index (χ0v) is 12.1. The van der Waals surface area contributed by atoms with E-state index >= 15 is 0 Å². The second-order valence-electron chi connectivity index (χ2n) is 4.19. The van der Waals surface area contributed by atoms with E-state index in [1.807, 2.05) is 0 Å². The average Bonchev–Trinajstić information content (AvgIpc) is 2.36. The van der Waals surface area contributed by atoms with E-state index in [1.165, 1.54) is 19.2 Å². The molecule has 0 bridgehead atoms. The van der Waals surface area contributed by atoms with E-state index in [2.05, 4.69) is 10.0 Å². The third-order valence-electron chi connectivity index (χ3n) is 2.63. The van der Waals surface area contributed by atoms with Crippen LogP contribution in [0, 0.1) is 5.82 Å². The summed E-state index contributed by atoms with van der Waals surface area (Å²) < 4.78 is 44.9. The smallest absolute Gasteiger partial charge is 0.243 e. The van der Waals surface area contributed by atoms with Crippen LogP contribution in [0.3, 0.4) is 0 Å². The van der Waals surface area contributed by atoms with Crippen LogP contribution in [0.5, 0.6) is 0 Å². The van der Waals surface area contributed by atoms with E-state index in [9.17, 15) is 12.8 Å². The number of methoxy groups -OCH3 is 1. The van der Waals surface area contributed by atoms with Crippen molar-refractivity contribution in [3.63, 3.8) is 0 Å². The minimum Gasteiger partial charge on any atom is -0.380 e. The molecule has 0 saturated heterocycles. The second kappa shape index (κ2) is 6.95. The van der Waals surface area contributed by atoms with Gasteiger partial charge in [-0.05, 0) is 31.7 Å². The molecule has 1 aromatic carbocycles. The SMILES string of the molecule is CNCc1ccc(S(=O)(=O)NCC(C)OC)c(F)c1. The van der Waals surface area contributed by atoms with Crippen molar-refractivity contribution in [3.8, 4) is 0 Å². The van der Waals surface area contributed by atoms with Crippen molar-refractivity contribution >= 4 is 10.0 Å². The lowest BCUT2D eigenvalue weighted by molar-refractivity contribution is 0.122. The highest BCUT2D eigenvalue weighted by Crippen LogP contribution is 2.16. The van der Waals surface area contributed by atoms with Gasteiger partial charge in [-0.25, -0.2) is 17.5 Å². The van der Waals surface area contributed by atoms with Crippen LogP contribution in [-0.4, -0.2) is 35.2 Å². The van der Waals surface area contributed by atoms with Gasteiger partial charge < -0.3 is 10.1 Å². The van der Waals surface area contributed by atoms with E-state index in [4.69, 9.17) is 4.74 Å². The molecule has 0 saturated carbocycles. The molecule has 0 aromatic heterocycles. The van der Waals surface area contributed by atoms with Gasteiger partial charge in [-0.2, -0.15) is 0 Å². The first-order valence-corrected chi connectivity index (χ1v) is 7.34. The van der Waals surface area contributed by atoms with E-state index in [1.54, 1.807) is 20.0 Å².